The van der Waals surface area contributed by atoms with Gasteiger partial charge in [0, 0.05) is 6.08 Å². The van der Waals surface area contributed by atoms with Gasteiger partial charge in [-0.15, -0.1) is 0 Å². The summed E-state index contributed by atoms with van der Waals surface area (Å²) >= 11 is 0. The maximum atomic E-state index is 11.5. The maximum Gasteiger partial charge on any atom is 0.330 e. The highest BCUT2D eigenvalue weighted by atomic mass is 16.5. The highest BCUT2D eigenvalue weighted by Crippen LogP contribution is 2.19. The minimum Gasteiger partial charge on any atom is -0.463 e. The van der Waals surface area contributed by atoms with E-state index in [1.807, 2.05) is 66.7 Å². The Morgan fingerprint density at radius 2 is 1.57 bits per heavy atom. The number of carbonyl (C=O) groups excluding carboxylic acids is 1. The Hall–Kier alpha value is -2.61. The van der Waals surface area contributed by atoms with Crippen molar-refractivity contribution in [1.29, 1.82) is 0 Å². The Balaban J connectivity index is 2.32. The smallest absolute Gasteiger partial charge is 0.330 e. The minimum atomic E-state index is -0.326. The second kappa shape index (κ2) is 7.85. The van der Waals surface area contributed by atoms with Crippen molar-refractivity contribution in [2.24, 2.45) is 0 Å². The molecule has 0 aliphatic carbocycles. The van der Waals surface area contributed by atoms with Gasteiger partial charge < -0.3 is 4.74 Å². The summed E-state index contributed by atoms with van der Waals surface area (Å²) in [5.41, 5.74) is 3.11. The van der Waals surface area contributed by atoms with Gasteiger partial charge in [-0.25, -0.2) is 4.79 Å². The number of esters is 1. The van der Waals surface area contributed by atoms with Crippen molar-refractivity contribution < 1.29 is 9.53 Å². The van der Waals surface area contributed by atoms with Gasteiger partial charge in [0.1, 0.15) is 0 Å². The second-order valence-corrected chi connectivity index (χ2v) is 4.46. The average molecular weight is 278 g/mol. The largest absolute Gasteiger partial charge is 0.463 e. The third-order valence-corrected chi connectivity index (χ3v) is 2.91. The summed E-state index contributed by atoms with van der Waals surface area (Å²) in [5, 5.41) is 0. The van der Waals surface area contributed by atoms with Crippen molar-refractivity contribution >= 4 is 17.6 Å². The van der Waals surface area contributed by atoms with Crippen LogP contribution in [0.2, 0.25) is 0 Å². The lowest BCUT2D eigenvalue weighted by Gasteiger charge is -2.03. The molecule has 0 saturated carbocycles. The number of rotatable bonds is 5. The molecule has 0 amide bonds. The van der Waals surface area contributed by atoms with Gasteiger partial charge in [-0.05, 0) is 35.8 Å². The summed E-state index contributed by atoms with van der Waals surface area (Å²) in [6.45, 7) is 2.18. The summed E-state index contributed by atoms with van der Waals surface area (Å²) < 4.78 is 4.93. The van der Waals surface area contributed by atoms with Gasteiger partial charge in [-0.3, -0.25) is 0 Å². The average Bonchev–Trinajstić information content (AvgIpc) is 2.53. The fourth-order valence-electron chi connectivity index (χ4n) is 1.94. The molecular weight excluding hydrogens is 260 g/mol. The van der Waals surface area contributed by atoms with Crippen LogP contribution in [-0.4, -0.2) is 12.6 Å². The van der Waals surface area contributed by atoms with Crippen LogP contribution in [0.25, 0.3) is 11.6 Å². The number of hydrogen-bond donors (Lipinski definition) is 0. The summed E-state index contributed by atoms with van der Waals surface area (Å²) in [6.07, 6.45) is 5.30. The van der Waals surface area contributed by atoms with E-state index in [0.717, 1.165) is 16.7 Å². The van der Waals surface area contributed by atoms with Crippen LogP contribution in [0.15, 0.2) is 72.8 Å². The van der Waals surface area contributed by atoms with E-state index < -0.39 is 0 Å². The molecule has 2 aromatic rings. The zero-order chi connectivity index (χ0) is 14.9. The molecule has 0 fully saturated rings. The first kappa shape index (κ1) is 14.8. The highest BCUT2D eigenvalue weighted by molar-refractivity contribution is 5.92. The third-order valence-electron chi connectivity index (χ3n) is 2.91. The van der Waals surface area contributed by atoms with E-state index in [-0.39, 0.29) is 5.97 Å². The molecule has 0 aliphatic heterocycles. The maximum absolute atomic E-state index is 11.5. The summed E-state index contributed by atoms with van der Waals surface area (Å²) in [4.78, 5) is 11.5. The summed E-state index contributed by atoms with van der Waals surface area (Å²) in [6, 6.07) is 20.0. The SMILES string of the molecule is CCOC(=O)/C=C/C(=C\c1ccccc1)c1ccccc1. The molecule has 0 bridgehead atoms. The van der Waals surface area contributed by atoms with Crippen LogP contribution in [0.1, 0.15) is 18.1 Å². The lowest BCUT2D eigenvalue weighted by Crippen LogP contribution is -1.99. The monoisotopic (exact) mass is 278 g/mol. The van der Waals surface area contributed by atoms with Gasteiger partial charge in [0.2, 0.25) is 0 Å². The van der Waals surface area contributed by atoms with Gasteiger partial charge in [0.25, 0.3) is 0 Å². The number of carbonyl (C=O) groups is 1. The number of ether oxygens (including phenoxy) is 1. The highest BCUT2D eigenvalue weighted by Gasteiger charge is 2.00. The van der Waals surface area contributed by atoms with Crippen LogP contribution >= 0.6 is 0 Å². The predicted octanol–water partition coefficient (Wildman–Crippen LogP) is 4.35. The van der Waals surface area contributed by atoms with Crippen molar-refractivity contribution in [3.8, 4) is 0 Å². The Kier molecular flexibility index (Phi) is 5.53. The van der Waals surface area contributed by atoms with Crippen LogP contribution in [0, 0.1) is 0 Å². The van der Waals surface area contributed by atoms with Gasteiger partial charge in [-0.2, -0.15) is 0 Å². The van der Waals surface area contributed by atoms with E-state index in [1.54, 1.807) is 13.0 Å². The molecular formula is C19H18O2. The van der Waals surface area contributed by atoms with Crippen molar-refractivity contribution in [2.75, 3.05) is 6.61 Å². The molecule has 21 heavy (non-hydrogen) atoms. The van der Waals surface area contributed by atoms with Gasteiger partial charge in [0.15, 0.2) is 0 Å². The first-order chi connectivity index (χ1) is 10.3. The molecule has 106 valence electrons. The van der Waals surface area contributed by atoms with E-state index in [1.165, 1.54) is 6.08 Å². The molecule has 2 aromatic carbocycles. The van der Waals surface area contributed by atoms with Crippen LogP contribution in [-0.2, 0) is 9.53 Å². The van der Waals surface area contributed by atoms with Crippen LogP contribution in [0.4, 0.5) is 0 Å². The molecule has 0 N–H and O–H groups in total. The number of benzene rings is 2. The molecule has 0 unspecified atom stereocenters. The first-order valence-corrected chi connectivity index (χ1v) is 6.96. The lowest BCUT2D eigenvalue weighted by atomic mass is 10.0. The van der Waals surface area contributed by atoms with Gasteiger partial charge in [-0.1, -0.05) is 60.7 Å². The van der Waals surface area contributed by atoms with Crippen LogP contribution in [0.5, 0.6) is 0 Å². The van der Waals surface area contributed by atoms with Crippen LogP contribution < -0.4 is 0 Å². The molecule has 0 spiro atoms. The molecule has 2 nitrogen and oxygen atoms in total. The van der Waals surface area contributed by atoms with E-state index in [4.69, 9.17) is 4.74 Å². The quantitative estimate of drug-likeness (QED) is 0.352. The molecule has 0 aromatic heterocycles. The van der Waals surface area contributed by atoms with Gasteiger partial charge >= 0.3 is 5.97 Å². The Labute approximate surface area is 125 Å². The third kappa shape index (κ3) is 4.77. The normalized spacial score (nSPS) is 11.6. The van der Waals surface area contributed by atoms with E-state index >= 15 is 0 Å². The number of hydrogen-bond acceptors (Lipinski definition) is 2. The van der Waals surface area contributed by atoms with E-state index in [2.05, 4.69) is 0 Å². The Bertz CT molecular complexity index is 625. The summed E-state index contributed by atoms with van der Waals surface area (Å²) in [5.74, 6) is -0.326. The van der Waals surface area contributed by atoms with Crippen molar-refractivity contribution in [3.63, 3.8) is 0 Å². The van der Waals surface area contributed by atoms with Gasteiger partial charge in [0.05, 0.1) is 6.61 Å². The van der Waals surface area contributed by atoms with E-state index in [0.29, 0.717) is 6.61 Å². The van der Waals surface area contributed by atoms with Crippen molar-refractivity contribution in [2.45, 2.75) is 6.92 Å². The molecule has 2 rings (SSSR count). The molecule has 2 heteroatoms. The fourth-order valence-corrected chi connectivity index (χ4v) is 1.94. The Morgan fingerprint density at radius 1 is 0.952 bits per heavy atom. The molecule has 0 atom stereocenters. The van der Waals surface area contributed by atoms with Crippen molar-refractivity contribution in [3.05, 3.63) is 83.9 Å². The standard InChI is InChI=1S/C19H18O2/c1-2-21-19(20)14-13-18(17-11-7-4-8-12-17)15-16-9-5-3-6-10-16/h3-15H,2H2,1H3/b14-13+,18-15+. The van der Waals surface area contributed by atoms with E-state index in [9.17, 15) is 4.79 Å². The molecule has 0 heterocycles. The molecule has 0 aliphatic rings. The second-order valence-electron chi connectivity index (χ2n) is 4.46. The minimum absolute atomic E-state index is 0.326. The fraction of sp³-hybridized carbons (Fsp3) is 0.105. The Morgan fingerprint density at radius 3 is 2.19 bits per heavy atom. The topological polar surface area (TPSA) is 26.3 Å². The zero-order valence-corrected chi connectivity index (χ0v) is 12.0. The first-order valence-electron chi connectivity index (χ1n) is 6.96. The molecule has 0 radical (unpaired) electrons. The summed E-state index contributed by atoms with van der Waals surface area (Å²) in [7, 11) is 0. The lowest BCUT2D eigenvalue weighted by molar-refractivity contribution is -0.137. The number of allylic oxidation sites excluding steroid dienone is 2. The van der Waals surface area contributed by atoms with Crippen LogP contribution in [0.3, 0.4) is 0 Å². The predicted molar refractivity (Wildman–Crippen MR) is 86.5 cm³/mol. The van der Waals surface area contributed by atoms with Crippen molar-refractivity contribution in [1.82, 2.24) is 0 Å². The molecule has 0 saturated heterocycles. The zero-order valence-electron chi connectivity index (χ0n) is 12.0.